The summed E-state index contributed by atoms with van der Waals surface area (Å²) < 4.78 is 25.0. The molecule has 8 nitrogen and oxygen atoms in total. The molecule has 0 saturated heterocycles. The van der Waals surface area contributed by atoms with Crippen molar-refractivity contribution in [3.05, 3.63) is 83.0 Å². The molecule has 2 aromatic carbocycles. The third-order valence-corrected chi connectivity index (χ3v) is 7.55. The van der Waals surface area contributed by atoms with E-state index in [0.29, 0.717) is 43.4 Å². The predicted octanol–water partition coefficient (Wildman–Crippen LogP) is 4.37. The van der Waals surface area contributed by atoms with Gasteiger partial charge < -0.3 is 18.9 Å². The second-order valence-electron chi connectivity index (χ2n) is 8.74. The summed E-state index contributed by atoms with van der Waals surface area (Å²) >= 11 is 4.81. The summed E-state index contributed by atoms with van der Waals surface area (Å²) in [7, 11) is 3.12. The van der Waals surface area contributed by atoms with E-state index in [2.05, 4.69) is 20.9 Å². The first kappa shape index (κ1) is 27.7. The largest absolute Gasteiger partial charge is 0.493 e. The Morgan fingerprint density at radius 2 is 1.84 bits per heavy atom. The molecule has 10 heteroatoms. The lowest BCUT2D eigenvalue weighted by Gasteiger charge is -2.26. The van der Waals surface area contributed by atoms with Crippen molar-refractivity contribution < 1.29 is 23.7 Å². The van der Waals surface area contributed by atoms with Crippen LogP contribution in [0.25, 0.3) is 6.08 Å². The second kappa shape index (κ2) is 11.6. The van der Waals surface area contributed by atoms with E-state index in [0.717, 1.165) is 10.0 Å². The molecule has 1 atom stereocenters. The van der Waals surface area contributed by atoms with Crippen LogP contribution in [-0.4, -0.2) is 37.5 Å². The maximum absolute atomic E-state index is 14.0. The Kier molecular flexibility index (Phi) is 8.42. The Bertz CT molecular complexity index is 1590. The van der Waals surface area contributed by atoms with Gasteiger partial charge in [-0.1, -0.05) is 45.5 Å². The first-order chi connectivity index (χ1) is 18.2. The summed E-state index contributed by atoms with van der Waals surface area (Å²) in [6.07, 6.45) is 1.66. The number of carbonyl (C=O) groups excluding carboxylic acids is 1. The second-order valence-corrected chi connectivity index (χ2v) is 10.6. The van der Waals surface area contributed by atoms with Crippen LogP contribution >= 0.6 is 27.3 Å². The molecule has 0 saturated carbocycles. The number of fused-ring (bicyclic) bond motifs is 1. The molecule has 0 aliphatic carbocycles. The number of halogens is 1. The van der Waals surface area contributed by atoms with Gasteiger partial charge in [-0.25, -0.2) is 9.79 Å². The molecule has 0 fully saturated rings. The van der Waals surface area contributed by atoms with Crippen molar-refractivity contribution in [1.82, 2.24) is 4.57 Å². The van der Waals surface area contributed by atoms with Crippen molar-refractivity contribution in [3.63, 3.8) is 0 Å². The Morgan fingerprint density at radius 3 is 2.50 bits per heavy atom. The standard InChI is InChI=1S/C28H29BrN2O6S/c1-7-36-27(33)24-16(4)30-28-31(25(24)18-10-8-9-11-20(18)37-15(2)3)26(32)23(38-28)13-17-12-21(34-5)22(35-6)14-19(17)29/h8-15,25H,7H2,1-6H3/b23-13+/t25-/m1/s1. The van der Waals surface area contributed by atoms with Crippen LogP contribution < -0.4 is 29.1 Å². The monoisotopic (exact) mass is 600 g/mol. The zero-order chi connectivity index (χ0) is 27.6. The number of aromatic nitrogens is 1. The number of nitrogens with zero attached hydrogens (tertiary/aromatic N) is 2. The number of methoxy groups -OCH3 is 2. The molecule has 0 spiro atoms. The molecule has 200 valence electrons. The number of para-hydroxylation sites is 1. The first-order valence-electron chi connectivity index (χ1n) is 12.1. The van der Waals surface area contributed by atoms with Gasteiger partial charge in [-0.05, 0) is 57.5 Å². The van der Waals surface area contributed by atoms with Crippen LogP contribution in [0.3, 0.4) is 0 Å². The average molecular weight is 602 g/mol. The molecule has 2 heterocycles. The molecule has 4 rings (SSSR count). The highest BCUT2D eigenvalue weighted by atomic mass is 79.9. The fourth-order valence-electron chi connectivity index (χ4n) is 4.28. The van der Waals surface area contributed by atoms with Gasteiger partial charge in [0.2, 0.25) is 0 Å². The van der Waals surface area contributed by atoms with Gasteiger partial charge >= 0.3 is 5.97 Å². The number of benzene rings is 2. The van der Waals surface area contributed by atoms with E-state index in [4.69, 9.17) is 18.9 Å². The lowest BCUT2D eigenvalue weighted by Crippen LogP contribution is -2.40. The molecule has 0 radical (unpaired) electrons. The molecular formula is C28H29BrN2O6S. The Morgan fingerprint density at radius 1 is 1.16 bits per heavy atom. The van der Waals surface area contributed by atoms with Crippen molar-refractivity contribution in [2.24, 2.45) is 4.99 Å². The summed E-state index contributed by atoms with van der Waals surface area (Å²) in [5, 5.41) is 0. The summed E-state index contributed by atoms with van der Waals surface area (Å²) in [5.41, 5.74) is 1.92. The number of thiazole rings is 1. The van der Waals surface area contributed by atoms with E-state index in [1.54, 1.807) is 50.8 Å². The molecular weight excluding hydrogens is 572 g/mol. The van der Waals surface area contributed by atoms with E-state index >= 15 is 0 Å². The van der Waals surface area contributed by atoms with Gasteiger partial charge in [-0.2, -0.15) is 0 Å². The number of ether oxygens (including phenoxy) is 4. The molecule has 1 aliphatic rings. The van der Waals surface area contributed by atoms with E-state index < -0.39 is 12.0 Å². The van der Waals surface area contributed by atoms with Crippen molar-refractivity contribution in [3.8, 4) is 17.2 Å². The van der Waals surface area contributed by atoms with Gasteiger partial charge in [0, 0.05) is 10.0 Å². The van der Waals surface area contributed by atoms with Gasteiger partial charge in [-0.15, -0.1) is 0 Å². The molecule has 0 unspecified atom stereocenters. The van der Waals surface area contributed by atoms with Gasteiger partial charge in [0.05, 0.1) is 42.7 Å². The van der Waals surface area contributed by atoms with Crippen LogP contribution in [0.2, 0.25) is 0 Å². The van der Waals surface area contributed by atoms with E-state index in [-0.39, 0.29) is 18.3 Å². The van der Waals surface area contributed by atoms with Crippen LogP contribution in [0.5, 0.6) is 17.2 Å². The fourth-order valence-corrected chi connectivity index (χ4v) is 5.75. The maximum Gasteiger partial charge on any atom is 0.338 e. The summed E-state index contributed by atoms with van der Waals surface area (Å²) in [6.45, 7) is 7.55. The highest BCUT2D eigenvalue weighted by molar-refractivity contribution is 9.10. The minimum atomic E-state index is -0.767. The van der Waals surface area contributed by atoms with Gasteiger partial charge in [0.15, 0.2) is 16.3 Å². The minimum Gasteiger partial charge on any atom is -0.493 e. The predicted molar refractivity (Wildman–Crippen MR) is 150 cm³/mol. The van der Waals surface area contributed by atoms with E-state index in [1.165, 1.54) is 11.3 Å². The van der Waals surface area contributed by atoms with Crippen molar-refractivity contribution in [1.29, 1.82) is 0 Å². The smallest absolute Gasteiger partial charge is 0.338 e. The fraction of sp³-hybridized carbons (Fsp3) is 0.321. The Labute approximate surface area is 233 Å². The highest BCUT2D eigenvalue weighted by Crippen LogP contribution is 2.36. The number of rotatable bonds is 8. The zero-order valence-corrected chi connectivity index (χ0v) is 24.4. The van der Waals surface area contributed by atoms with E-state index in [9.17, 15) is 9.59 Å². The van der Waals surface area contributed by atoms with Crippen molar-refractivity contribution in [2.75, 3.05) is 20.8 Å². The first-order valence-corrected chi connectivity index (χ1v) is 13.7. The van der Waals surface area contributed by atoms with Crippen molar-refractivity contribution >= 4 is 39.3 Å². The molecule has 38 heavy (non-hydrogen) atoms. The van der Waals surface area contributed by atoms with Gasteiger partial charge in [0.1, 0.15) is 11.8 Å². The number of hydrogen-bond donors (Lipinski definition) is 0. The Hall–Kier alpha value is -3.37. The molecule has 1 aromatic heterocycles. The number of carbonyl (C=O) groups is 1. The minimum absolute atomic E-state index is 0.106. The summed E-state index contributed by atoms with van der Waals surface area (Å²) in [5.74, 6) is 1.17. The van der Waals surface area contributed by atoms with Crippen LogP contribution in [0.4, 0.5) is 0 Å². The third-order valence-electron chi connectivity index (χ3n) is 5.88. The number of hydrogen-bond acceptors (Lipinski definition) is 8. The lowest BCUT2D eigenvalue weighted by molar-refractivity contribution is -0.139. The zero-order valence-electron chi connectivity index (χ0n) is 22.0. The van der Waals surface area contributed by atoms with Crippen LogP contribution in [0.15, 0.2) is 61.9 Å². The lowest BCUT2D eigenvalue weighted by atomic mass is 9.95. The topological polar surface area (TPSA) is 88.4 Å². The molecule has 0 amide bonds. The summed E-state index contributed by atoms with van der Waals surface area (Å²) in [6, 6.07) is 10.2. The van der Waals surface area contributed by atoms with Crippen LogP contribution in [0, 0.1) is 0 Å². The molecule has 0 N–H and O–H groups in total. The van der Waals surface area contributed by atoms with Crippen LogP contribution in [0.1, 0.15) is 44.9 Å². The molecule has 3 aromatic rings. The van der Waals surface area contributed by atoms with Crippen LogP contribution in [-0.2, 0) is 9.53 Å². The number of esters is 1. The van der Waals surface area contributed by atoms with E-state index in [1.807, 2.05) is 38.1 Å². The normalized spacial score (nSPS) is 15.3. The number of allylic oxidation sites excluding steroid dienone is 1. The summed E-state index contributed by atoms with van der Waals surface area (Å²) in [4.78, 5) is 32.3. The molecule has 0 bridgehead atoms. The Balaban J connectivity index is 1.98. The third kappa shape index (κ3) is 5.28. The van der Waals surface area contributed by atoms with Crippen molar-refractivity contribution in [2.45, 2.75) is 39.8 Å². The molecule has 1 aliphatic heterocycles. The average Bonchev–Trinajstić information content (AvgIpc) is 3.18. The van der Waals surface area contributed by atoms with Gasteiger partial charge in [0.25, 0.3) is 5.56 Å². The highest BCUT2D eigenvalue weighted by Gasteiger charge is 2.35. The maximum atomic E-state index is 14.0. The van der Waals surface area contributed by atoms with Gasteiger partial charge in [-0.3, -0.25) is 9.36 Å². The quantitative estimate of drug-likeness (QED) is 0.357. The SMILES string of the molecule is CCOC(=O)C1=C(C)N=c2s/c(=C/c3cc(OC)c(OC)cc3Br)c(=O)n2[C@@H]1c1ccccc1OC(C)C.